The van der Waals surface area contributed by atoms with E-state index in [0.717, 1.165) is 30.3 Å². The molecule has 0 bridgehead atoms. The highest BCUT2D eigenvalue weighted by Crippen LogP contribution is 2.24. The number of sulfonamides is 1. The van der Waals surface area contributed by atoms with Crippen LogP contribution in [0.5, 0.6) is 0 Å². The molecule has 0 aliphatic rings. The van der Waals surface area contributed by atoms with Gasteiger partial charge in [-0.15, -0.1) is 11.3 Å². The first-order valence-electron chi connectivity index (χ1n) is 8.45. The zero-order valence-corrected chi connectivity index (χ0v) is 16.8. The van der Waals surface area contributed by atoms with E-state index < -0.39 is 10.0 Å². The van der Waals surface area contributed by atoms with Crippen LogP contribution in [0.2, 0.25) is 0 Å². The van der Waals surface area contributed by atoms with Crippen LogP contribution in [0, 0.1) is 0 Å². The van der Waals surface area contributed by atoms with E-state index in [1.165, 1.54) is 34.9 Å². The number of aliphatic imine (C=N–C) groups is 1. The second-order valence-electron chi connectivity index (χ2n) is 5.69. The molecular formula is C16H30N4O2S2. The third-order valence-electron chi connectivity index (χ3n) is 3.43. The summed E-state index contributed by atoms with van der Waals surface area (Å²) >= 11 is 1.27. The van der Waals surface area contributed by atoms with E-state index >= 15 is 0 Å². The predicted octanol–water partition coefficient (Wildman–Crippen LogP) is 2.63. The molecule has 0 saturated heterocycles. The van der Waals surface area contributed by atoms with E-state index in [-0.39, 0.29) is 0 Å². The minimum Gasteiger partial charge on any atom is -0.357 e. The summed E-state index contributed by atoms with van der Waals surface area (Å²) in [4.78, 5) is 5.47. The SMILES string of the molecule is CCCCCCNC(=NCc1ccc(S(=O)(=O)N(C)C)s1)NCC. The van der Waals surface area contributed by atoms with Gasteiger partial charge < -0.3 is 10.6 Å². The second-order valence-corrected chi connectivity index (χ2v) is 9.24. The minimum atomic E-state index is -3.36. The van der Waals surface area contributed by atoms with Crippen molar-refractivity contribution in [2.75, 3.05) is 27.2 Å². The Balaban J connectivity index is 2.62. The topological polar surface area (TPSA) is 73.8 Å². The largest absolute Gasteiger partial charge is 0.357 e. The zero-order valence-electron chi connectivity index (χ0n) is 15.1. The lowest BCUT2D eigenvalue weighted by atomic mass is 10.2. The molecule has 0 amide bonds. The molecule has 8 heteroatoms. The minimum absolute atomic E-state index is 0.357. The highest BCUT2D eigenvalue weighted by atomic mass is 32.2. The van der Waals surface area contributed by atoms with Gasteiger partial charge in [0.2, 0.25) is 0 Å². The molecule has 1 rings (SSSR count). The molecule has 0 aliphatic heterocycles. The molecule has 6 nitrogen and oxygen atoms in total. The van der Waals surface area contributed by atoms with E-state index in [1.54, 1.807) is 20.2 Å². The van der Waals surface area contributed by atoms with E-state index in [4.69, 9.17) is 0 Å². The van der Waals surface area contributed by atoms with Crippen LogP contribution in [-0.2, 0) is 16.6 Å². The van der Waals surface area contributed by atoms with Crippen molar-refractivity contribution in [3.05, 3.63) is 17.0 Å². The van der Waals surface area contributed by atoms with Crippen LogP contribution in [0.15, 0.2) is 21.3 Å². The lowest BCUT2D eigenvalue weighted by Crippen LogP contribution is -2.37. The van der Waals surface area contributed by atoms with Gasteiger partial charge in [0.25, 0.3) is 10.0 Å². The molecule has 0 unspecified atom stereocenters. The third kappa shape index (κ3) is 6.78. The Bertz CT molecular complexity index is 609. The number of guanidine groups is 1. The smallest absolute Gasteiger partial charge is 0.252 e. The highest BCUT2D eigenvalue weighted by molar-refractivity contribution is 7.91. The van der Waals surface area contributed by atoms with Crippen LogP contribution in [0.4, 0.5) is 0 Å². The monoisotopic (exact) mass is 374 g/mol. The highest BCUT2D eigenvalue weighted by Gasteiger charge is 2.19. The number of nitrogens with one attached hydrogen (secondary N) is 2. The first kappa shape index (κ1) is 20.9. The van der Waals surface area contributed by atoms with Crippen molar-refractivity contribution in [1.82, 2.24) is 14.9 Å². The van der Waals surface area contributed by atoms with Crippen molar-refractivity contribution in [2.24, 2.45) is 4.99 Å². The Kier molecular flexibility index (Phi) is 9.31. The fraction of sp³-hybridized carbons (Fsp3) is 0.688. The summed E-state index contributed by atoms with van der Waals surface area (Å²) in [6, 6.07) is 3.48. The summed E-state index contributed by atoms with van der Waals surface area (Å²) in [6.07, 6.45) is 4.83. The molecule has 2 N–H and O–H groups in total. The van der Waals surface area contributed by atoms with Crippen LogP contribution in [0.1, 0.15) is 44.4 Å². The Labute approximate surface area is 150 Å². The molecule has 138 valence electrons. The summed E-state index contributed by atoms with van der Waals surface area (Å²) in [5.74, 6) is 0.777. The molecule has 0 radical (unpaired) electrons. The van der Waals surface area contributed by atoms with Crippen LogP contribution in [0.3, 0.4) is 0 Å². The quantitative estimate of drug-likeness (QED) is 0.375. The summed E-state index contributed by atoms with van der Waals surface area (Å²) in [5.41, 5.74) is 0. The Morgan fingerprint density at radius 3 is 2.54 bits per heavy atom. The standard InChI is InChI=1S/C16H30N4O2S2/c1-5-7-8-9-12-18-16(17-6-2)19-13-14-10-11-15(23-14)24(21,22)20(3)4/h10-11H,5-9,12-13H2,1-4H3,(H2,17,18,19). The third-order valence-corrected chi connectivity index (χ3v) is 6.78. The maximum Gasteiger partial charge on any atom is 0.252 e. The van der Waals surface area contributed by atoms with Crippen LogP contribution >= 0.6 is 11.3 Å². The maximum absolute atomic E-state index is 12.1. The molecule has 1 aromatic rings. The summed E-state index contributed by atoms with van der Waals surface area (Å²) < 4.78 is 25.8. The van der Waals surface area contributed by atoms with Gasteiger partial charge in [-0.1, -0.05) is 26.2 Å². The molecule has 0 fully saturated rings. The average molecular weight is 375 g/mol. The Morgan fingerprint density at radius 2 is 1.92 bits per heavy atom. The van der Waals surface area contributed by atoms with Gasteiger partial charge in [0, 0.05) is 32.1 Å². The summed E-state index contributed by atoms with van der Waals surface area (Å²) in [5, 5.41) is 6.54. The number of hydrogen-bond acceptors (Lipinski definition) is 4. The molecule has 0 saturated carbocycles. The van der Waals surface area contributed by atoms with Crippen molar-refractivity contribution in [2.45, 2.75) is 50.3 Å². The normalized spacial score (nSPS) is 12.6. The molecule has 0 aliphatic carbocycles. The zero-order chi connectivity index (χ0) is 18.0. The lowest BCUT2D eigenvalue weighted by Gasteiger charge is -2.10. The molecule has 1 aromatic heterocycles. The number of nitrogens with zero attached hydrogens (tertiary/aromatic N) is 2. The average Bonchev–Trinajstić information content (AvgIpc) is 3.01. The van der Waals surface area contributed by atoms with Crippen LogP contribution < -0.4 is 10.6 Å². The maximum atomic E-state index is 12.1. The van der Waals surface area contributed by atoms with Gasteiger partial charge in [0.05, 0.1) is 6.54 Å². The molecule has 0 spiro atoms. The Morgan fingerprint density at radius 1 is 1.17 bits per heavy atom. The molecular weight excluding hydrogens is 344 g/mol. The molecule has 24 heavy (non-hydrogen) atoms. The number of thiophene rings is 1. The second kappa shape index (κ2) is 10.7. The molecule has 0 aromatic carbocycles. The fourth-order valence-corrected chi connectivity index (χ4v) is 4.47. The van der Waals surface area contributed by atoms with Crippen molar-refractivity contribution >= 4 is 27.3 Å². The van der Waals surface area contributed by atoms with E-state index in [1.807, 2.05) is 13.0 Å². The predicted molar refractivity (Wildman–Crippen MR) is 102 cm³/mol. The number of hydrogen-bond donors (Lipinski definition) is 2. The first-order valence-corrected chi connectivity index (χ1v) is 10.7. The van der Waals surface area contributed by atoms with Gasteiger partial charge in [-0.25, -0.2) is 17.7 Å². The number of unbranched alkanes of at least 4 members (excludes halogenated alkanes) is 3. The van der Waals surface area contributed by atoms with E-state index in [2.05, 4.69) is 22.5 Å². The van der Waals surface area contributed by atoms with Gasteiger partial charge in [-0.3, -0.25) is 0 Å². The van der Waals surface area contributed by atoms with Crippen LogP contribution in [-0.4, -0.2) is 45.9 Å². The van der Waals surface area contributed by atoms with E-state index in [0.29, 0.717) is 10.8 Å². The fourth-order valence-electron chi connectivity index (χ4n) is 2.02. The van der Waals surface area contributed by atoms with Gasteiger partial charge in [-0.05, 0) is 25.5 Å². The molecule has 1 heterocycles. The summed E-state index contributed by atoms with van der Waals surface area (Å²) in [7, 11) is -0.275. The van der Waals surface area contributed by atoms with Crippen molar-refractivity contribution < 1.29 is 8.42 Å². The van der Waals surface area contributed by atoms with E-state index in [9.17, 15) is 8.42 Å². The van der Waals surface area contributed by atoms with Crippen molar-refractivity contribution in [3.8, 4) is 0 Å². The van der Waals surface area contributed by atoms with Gasteiger partial charge in [-0.2, -0.15) is 0 Å². The number of rotatable bonds is 10. The lowest BCUT2D eigenvalue weighted by molar-refractivity contribution is 0.523. The molecule has 0 atom stereocenters. The Hall–Kier alpha value is -1.12. The van der Waals surface area contributed by atoms with Gasteiger partial charge in [0.1, 0.15) is 4.21 Å². The first-order chi connectivity index (χ1) is 11.4. The van der Waals surface area contributed by atoms with Crippen LogP contribution in [0.25, 0.3) is 0 Å². The van der Waals surface area contributed by atoms with Crippen molar-refractivity contribution in [3.63, 3.8) is 0 Å². The summed E-state index contributed by atoms with van der Waals surface area (Å²) in [6.45, 7) is 6.39. The van der Waals surface area contributed by atoms with Gasteiger partial charge >= 0.3 is 0 Å². The van der Waals surface area contributed by atoms with Gasteiger partial charge in [0.15, 0.2) is 5.96 Å². The van der Waals surface area contributed by atoms with Crippen molar-refractivity contribution in [1.29, 1.82) is 0 Å².